The number of ether oxygens (including phenoxy) is 1. The van der Waals surface area contributed by atoms with Crippen molar-refractivity contribution in [2.45, 2.75) is 25.9 Å². The summed E-state index contributed by atoms with van der Waals surface area (Å²) >= 11 is 5.98. The zero-order valence-electron chi connectivity index (χ0n) is 14.3. The lowest BCUT2D eigenvalue weighted by Crippen LogP contribution is -2.30. The van der Waals surface area contributed by atoms with Gasteiger partial charge < -0.3 is 19.0 Å². The molecule has 0 radical (unpaired) electrons. The monoisotopic (exact) mass is 389 g/mol. The summed E-state index contributed by atoms with van der Waals surface area (Å²) in [4.78, 5) is 28.2. The smallest absolute Gasteiger partial charge is 0.307 e. The van der Waals surface area contributed by atoms with Gasteiger partial charge in [0.1, 0.15) is 0 Å². The number of hydrogen-bond acceptors (Lipinski definition) is 7. The molecule has 2 aromatic heterocycles. The van der Waals surface area contributed by atoms with Crippen LogP contribution >= 0.6 is 11.6 Å². The summed E-state index contributed by atoms with van der Waals surface area (Å²) in [6.45, 7) is 1.48. The molecule has 1 N–H and O–H groups in total. The molecule has 3 aromatic rings. The second-order valence-electron chi connectivity index (χ2n) is 5.59. The molecule has 27 heavy (non-hydrogen) atoms. The van der Waals surface area contributed by atoms with Crippen molar-refractivity contribution < 1.29 is 23.3 Å². The lowest BCUT2D eigenvalue weighted by molar-refractivity contribution is -0.153. The van der Waals surface area contributed by atoms with E-state index in [-0.39, 0.29) is 18.7 Å². The van der Waals surface area contributed by atoms with Gasteiger partial charge >= 0.3 is 5.97 Å². The molecule has 1 aromatic carbocycles. The van der Waals surface area contributed by atoms with E-state index in [0.29, 0.717) is 22.3 Å². The molecular weight excluding hydrogens is 374 g/mol. The molecular formula is C18H16ClN3O5. The molecule has 0 saturated carbocycles. The molecule has 1 amide bonds. The Balaban J connectivity index is 1.47. The Hall–Kier alpha value is -3.13. The third-order valence-electron chi connectivity index (χ3n) is 3.56. The van der Waals surface area contributed by atoms with Crippen molar-refractivity contribution >= 4 is 29.2 Å². The van der Waals surface area contributed by atoms with Gasteiger partial charge in [-0.1, -0.05) is 28.9 Å². The Bertz CT molecular complexity index is 923. The van der Waals surface area contributed by atoms with Crippen molar-refractivity contribution in [3.63, 3.8) is 0 Å². The summed E-state index contributed by atoms with van der Waals surface area (Å²) in [5.74, 6) is 0.00345. The maximum absolute atomic E-state index is 12.1. The topological polar surface area (TPSA) is 107 Å². The van der Waals surface area contributed by atoms with Crippen LogP contribution in [0, 0.1) is 0 Å². The van der Waals surface area contributed by atoms with E-state index in [0.717, 1.165) is 0 Å². The fourth-order valence-electron chi connectivity index (χ4n) is 2.18. The van der Waals surface area contributed by atoms with E-state index in [1.54, 1.807) is 36.4 Å². The highest BCUT2D eigenvalue weighted by Gasteiger charge is 2.19. The SMILES string of the molecule is CC(OC(=O)CCc1nc(-c2ccco2)no1)C(=O)Nc1ccccc1Cl. The molecule has 0 fully saturated rings. The zero-order chi connectivity index (χ0) is 19.2. The highest BCUT2D eigenvalue weighted by atomic mass is 35.5. The van der Waals surface area contributed by atoms with Gasteiger partial charge in [0, 0.05) is 6.42 Å². The minimum atomic E-state index is -0.977. The first kappa shape index (κ1) is 18.7. The van der Waals surface area contributed by atoms with E-state index in [1.165, 1.54) is 13.2 Å². The number of carbonyl (C=O) groups is 2. The predicted octanol–water partition coefficient (Wildman–Crippen LogP) is 3.49. The Morgan fingerprint density at radius 3 is 2.81 bits per heavy atom. The molecule has 8 nitrogen and oxygen atoms in total. The van der Waals surface area contributed by atoms with Crippen molar-refractivity contribution in [2.24, 2.45) is 0 Å². The number of hydrogen-bond donors (Lipinski definition) is 1. The van der Waals surface area contributed by atoms with Crippen molar-refractivity contribution in [3.8, 4) is 11.6 Å². The number of benzene rings is 1. The number of nitrogens with one attached hydrogen (secondary N) is 1. The third kappa shape index (κ3) is 4.95. The Kier molecular flexibility index (Phi) is 5.87. The summed E-state index contributed by atoms with van der Waals surface area (Å²) in [6, 6.07) is 10.2. The number of amides is 1. The standard InChI is InChI=1S/C18H16ClN3O5/c1-11(18(24)20-13-6-3-2-5-12(13)19)26-16(23)9-8-15-21-17(22-27-15)14-7-4-10-25-14/h2-7,10-11H,8-9H2,1H3,(H,20,24). The van der Waals surface area contributed by atoms with Crippen LogP contribution in [0.1, 0.15) is 19.2 Å². The van der Waals surface area contributed by atoms with Gasteiger partial charge in [-0.25, -0.2) is 0 Å². The molecule has 140 valence electrons. The van der Waals surface area contributed by atoms with Crippen molar-refractivity contribution in [1.29, 1.82) is 0 Å². The lowest BCUT2D eigenvalue weighted by Gasteiger charge is -2.13. The van der Waals surface area contributed by atoms with Crippen LogP contribution in [0.3, 0.4) is 0 Å². The quantitative estimate of drug-likeness (QED) is 0.616. The third-order valence-corrected chi connectivity index (χ3v) is 3.89. The average Bonchev–Trinajstić information content (AvgIpc) is 3.33. The van der Waals surface area contributed by atoms with Crippen LogP contribution < -0.4 is 5.32 Å². The number of esters is 1. The van der Waals surface area contributed by atoms with Crippen molar-refractivity contribution in [2.75, 3.05) is 5.32 Å². The number of para-hydroxylation sites is 1. The van der Waals surface area contributed by atoms with E-state index in [4.69, 9.17) is 25.3 Å². The Morgan fingerprint density at radius 1 is 1.26 bits per heavy atom. The van der Waals surface area contributed by atoms with Gasteiger partial charge in [0.05, 0.1) is 23.4 Å². The van der Waals surface area contributed by atoms with Crippen LogP contribution in [-0.4, -0.2) is 28.1 Å². The minimum Gasteiger partial charge on any atom is -0.461 e. The fraction of sp³-hybridized carbons (Fsp3) is 0.222. The molecule has 1 unspecified atom stereocenters. The molecule has 2 heterocycles. The fourth-order valence-corrected chi connectivity index (χ4v) is 2.36. The number of anilines is 1. The van der Waals surface area contributed by atoms with Gasteiger partial charge in [-0.3, -0.25) is 9.59 Å². The van der Waals surface area contributed by atoms with Crippen molar-refractivity contribution in [3.05, 3.63) is 53.6 Å². The zero-order valence-corrected chi connectivity index (χ0v) is 15.1. The van der Waals surface area contributed by atoms with Crippen LogP contribution in [-0.2, 0) is 20.7 Å². The van der Waals surface area contributed by atoms with Gasteiger partial charge in [-0.05, 0) is 31.2 Å². The largest absolute Gasteiger partial charge is 0.461 e. The van der Waals surface area contributed by atoms with E-state index in [1.807, 2.05) is 0 Å². The second-order valence-corrected chi connectivity index (χ2v) is 6.00. The molecule has 0 aliphatic carbocycles. The van der Waals surface area contributed by atoms with E-state index >= 15 is 0 Å². The van der Waals surface area contributed by atoms with Crippen LogP contribution in [0.15, 0.2) is 51.6 Å². The van der Waals surface area contributed by atoms with E-state index < -0.39 is 18.0 Å². The number of halogens is 1. The molecule has 0 aliphatic rings. The number of nitrogens with zero attached hydrogens (tertiary/aromatic N) is 2. The second kappa shape index (κ2) is 8.50. The van der Waals surface area contributed by atoms with Gasteiger partial charge in [0.15, 0.2) is 11.9 Å². The van der Waals surface area contributed by atoms with E-state index in [2.05, 4.69) is 15.5 Å². The molecule has 3 rings (SSSR count). The molecule has 0 saturated heterocycles. The summed E-state index contributed by atoms with van der Waals surface area (Å²) < 4.78 is 15.3. The van der Waals surface area contributed by atoms with Gasteiger partial charge in [-0.2, -0.15) is 4.98 Å². The van der Waals surface area contributed by atoms with Crippen LogP contribution in [0.2, 0.25) is 5.02 Å². The minimum absolute atomic E-state index is 0.0104. The first-order valence-electron chi connectivity index (χ1n) is 8.14. The van der Waals surface area contributed by atoms with Crippen LogP contribution in [0.25, 0.3) is 11.6 Å². The molecule has 0 aliphatic heterocycles. The number of rotatable bonds is 7. The Labute approximate surface area is 159 Å². The lowest BCUT2D eigenvalue weighted by atomic mass is 10.3. The van der Waals surface area contributed by atoms with Gasteiger partial charge in [-0.15, -0.1) is 0 Å². The first-order valence-corrected chi connectivity index (χ1v) is 8.52. The summed E-state index contributed by atoms with van der Waals surface area (Å²) in [6.07, 6.45) is 0.697. The Morgan fingerprint density at radius 2 is 2.07 bits per heavy atom. The number of aryl methyl sites for hydroxylation is 1. The van der Waals surface area contributed by atoms with Gasteiger partial charge in [0.2, 0.25) is 11.7 Å². The number of furan rings is 1. The summed E-state index contributed by atoms with van der Waals surface area (Å²) in [5.41, 5.74) is 0.448. The number of aromatic nitrogens is 2. The molecule has 0 spiro atoms. The molecule has 9 heteroatoms. The molecule has 0 bridgehead atoms. The first-order chi connectivity index (χ1) is 13.0. The summed E-state index contributed by atoms with van der Waals surface area (Å²) in [5, 5.41) is 6.78. The maximum Gasteiger partial charge on any atom is 0.307 e. The highest BCUT2D eigenvalue weighted by molar-refractivity contribution is 6.33. The predicted molar refractivity (Wildman–Crippen MR) is 96.0 cm³/mol. The van der Waals surface area contributed by atoms with Gasteiger partial charge in [0.25, 0.3) is 5.91 Å². The maximum atomic E-state index is 12.1. The van der Waals surface area contributed by atoms with Crippen LogP contribution in [0.4, 0.5) is 5.69 Å². The summed E-state index contributed by atoms with van der Waals surface area (Å²) in [7, 11) is 0. The average molecular weight is 390 g/mol. The van der Waals surface area contributed by atoms with E-state index in [9.17, 15) is 9.59 Å². The van der Waals surface area contributed by atoms with Crippen molar-refractivity contribution in [1.82, 2.24) is 10.1 Å². The normalized spacial score (nSPS) is 11.8. The molecule has 1 atom stereocenters. The van der Waals surface area contributed by atoms with Crippen LogP contribution in [0.5, 0.6) is 0 Å². The highest BCUT2D eigenvalue weighted by Crippen LogP contribution is 2.21. The number of carbonyl (C=O) groups excluding carboxylic acids is 2.